The van der Waals surface area contributed by atoms with Crippen molar-refractivity contribution in [1.29, 1.82) is 0 Å². The SMILES string of the molecule is COc1ccc(C)cc1CCCCC(C)C. The summed E-state index contributed by atoms with van der Waals surface area (Å²) in [5.41, 5.74) is 2.67. The second kappa shape index (κ2) is 6.57. The third-order valence-electron chi connectivity index (χ3n) is 2.91. The smallest absolute Gasteiger partial charge is 0.122 e. The molecule has 90 valence electrons. The Balaban J connectivity index is 2.48. The van der Waals surface area contributed by atoms with E-state index in [9.17, 15) is 0 Å². The van der Waals surface area contributed by atoms with Crippen molar-refractivity contribution >= 4 is 0 Å². The zero-order valence-corrected chi connectivity index (χ0v) is 11.0. The highest BCUT2D eigenvalue weighted by Crippen LogP contribution is 2.22. The minimum absolute atomic E-state index is 0.819. The van der Waals surface area contributed by atoms with Crippen LogP contribution in [-0.2, 0) is 6.42 Å². The quantitative estimate of drug-likeness (QED) is 0.647. The summed E-state index contributed by atoms with van der Waals surface area (Å²) in [4.78, 5) is 0. The summed E-state index contributed by atoms with van der Waals surface area (Å²) in [6.07, 6.45) is 5.04. The molecule has 1 aromatic rings. The van der Waals surface area contributed by atoms with E-state index in [2.05, 4.69) is 39.0 Å². The topological polar surface area (TPSA) is 9.23 Å². The van der Waals surface area contributed by atoms with Crippen molar-refractivity contribution in [2.75, 3.05) is 7.11 Å². The van der Waals surface area contributed by atoms with Gasteiger partial charge in [-0.1, -0.05) is 44.4 Å². The number of hydrogen-bond donors (Lipinski definition) is 0. The Morgan fingerprint density at radius 2 is 1.94 bits per heavy atom. The molecule has 1 aromatic carbocycles. The molecule has 0 aromatic heterocycles. The lowest BCUT2D eigenvalue weighted by Gasteiger charge is -2.10. The number of benzene rings is 1. The van der Waals surface area contributed by atoms with Crippen LogP contribution in [0.25, 0.3) is 0 Å². The molecule has 0 heterocycles. The predicted molar refractivity (Wildman–Crippen MR) is 70.1 cm³/mol. The summed E-state index contributed by atoms with van der Waals surface area (Å²) in [5, 5.41) is 0. The molecule has 0 atom stereocenters. The van der Waals surface area contributed by atoms with Gasteiger partial charge in [0.25, 0.3) is 0 Å². The van der Waals surface area contributed by atoms with Crippen LogP contribution in [0, 0.1) is 12.8 Å². The van der Waals surface area contributed by atoms with E-state index < -0.39 is 0 Å². The monoisotopic (exact) mass is 220 g/mol. The minimum Gasteiger partial charge on any atom is -0.496 e. The van der Waals surface area contributed by atoms with Gasteiger partial charge in [-0.15, -0.1) is 0 Å². The summed E-state index contributed by atoms with van der Waals surface area (Å²) >= 11 is 0. The van der Waals surface area contributed by atoms with E-state index in [1.165, 1.54) is 30.4 Å². The van der Waals surface area contributed by atoms with E-state index in [0.717, 1.165) is 18.1 Å². The fourth-order valence-electron chi connectivity index (χ4n) is 1.97. The van der Waals surface area contributed by atoms with Gasteiger partial charge in [-0.25, -0.2) is 0 Å². The van der Waals surface area contributed by atoms with Crippen LogP contribution >= 0.6 is 0 Å². The highest BCUT2D eigenvalue weighted by molar-refractivity contribution is 5.36. The highest BCUT2D eigenvalue weighted by atomic mass is 16.5. The zero-order chi connectivity index (χ0) is 12.0. The first-order chi connectivity index (χ1) is 7.63. The molecule has 0 bridgehead atoms. The molecule has 0 aliphatic carbocycles. The Labute approximate surface area is 99.8 Å². The van der Waals surface area contributed by atoms with E-state index >= 15 is 0 Å². The van der Waals surface area contributed by atoms with Crippen LogP contribution in [0.5, 0.6) is 5.75 Å². The Hall–Kier alpha value is -0.980. The Morgan fingerprint density at radius 3 is 2.56 bits per heavy atom. The predicted octanol–water partition coefficient (Wildman–Crippen LogP) is 4.37. The summed E-state index contributed by atoms with van der Waals surface area (Å²) in [6, 6.07) is 6.43. The van der Waals surface area contributed by atoms with Gasteiger partial charge in [-0.3, -0.25) is 0 Å². The molecule has 0 unspecified atom stereocenters. The Kier molecular flexibility index (Phi) is 5.37. The molecule has 0 aliphatic heterocycles. The van der Waals surface area contributed by atoms with Gasteiger partial charge in [-0.05, 0) is 37.3 Å². The first-order valence-corrected chi connectivity index (χ1v) is 6.27. The molecule has 1 heteroatoms. The lowest BCUT2D eigenvalue weighted by Crippen LogP contribution is -1.94. The summed E-state index contributed by atoms with van der Waals surface area (Å²) in [7, 11) is 1.75. The molecule has 1 rings (SSSR count). The first-order valence-electron chi connectivity index (χ1n) is 6.27. The molecule has 0 saturated heterocycles. The van der Waals surface area contributed by atoms with Crippen molar-refractivity contribution in [1.82, 2.24) is 0 Å². The standard InChI is InChI=1S/C15H24O/c1-12(2)7-5-6-8-14-11-13(3)9-10-15(14)16-4/h9-12H,5-8H2,1-4H3. The molecule has 0 aliphatic rings. The first kappa shape index (κ1) is 13.1. The lowest BCUT2D eigenvalue weighted by molar-refractivity contribution is 0.408. The number of ether oxygens (including phenoxy) is 1. The second-order valence-corrected chi connectivity index (χ2v) is 4.95. The largest absolute Gasteiger partial charge is 0.496 e. The van der Waals surface area contributed by atoms with Crippen LogP contribution in [0.15, 0.2) is 18.2 Å². The average Bonchev–Trinajstić information content (AvgIpc) is 2.24. The lowest BCUT2D eigenvalue weighted by atomic mass is 10.0. The maximum atomic E-state index is 5.38. The summed E-state index contributed by atoms with van der Waals surface area (Å²) in [6.45, 7) is 6.71. The van der Waals surface area contributed by atoms with Crippen LogP contribution in [0.3, 0.4) is 0 Å². The molecule has 16 heavy (non-hydrogen) atoms. The normalized spacial score (nSPS) is 10.8. The molecule has 1 nitrogen and oxygen atoms in total. The second-order valence-electron chi connectivity index (χ2n) is 4.95. The van der Waals surface area contributed by atoms with Crippen LogP contribution < -0.4 is 4.74 Å². The van der Waals surface area contributed by atoms with Gasteiger partial charge in [0.05, 0.1) is 7.11 Å². The summed E-state index contributed by atoms with van der Waals surface area (Å²) < 4.78 is 5.38. The number of aryl methyl sites for hydroxylation is 2. The van der Waals surface area contributed by atoms with E-state index in [1.54, 1.807) is 7.11 Å². The van der Waals surface area contributed by atoms with Crippen LogP contribution in [0.1, 0.15) is 44.2 Å². The maximum absolute atomic E-state index is 5.38. The molecule has 0 saturated carbocycles. The fourth-order valence-corrected chi connectivity index (χ4v) is 1.97. The highest BCUT2D eigenvalue weighted by Gasteiger charge is 2.03. The van der Waals surface area contributed by atoms with Gasteiger partial charge in [-0.2, -0.15) is 0 Å². The van der Waals surface area contributed by atoms with E-state index in [0.29, 0.717) is 0 Å². The van der Waals surface area contributed by atoms with Gasteiger partial charge >= 0.3 is 0 Å². The van der Waals surface area contributed by atoms with Crippen molar-refractivity contribution in [3.05, 3.63) is 29.3 Å². The van der Waals surface area contributed by atoms with Crippen LogP contribution in [0.4, 0.5) is 0 Å². The van der Waals surface area contributed by atoms with Gasteiger partial charge in [0.15, 0.2) is 0 Å². The molecule has 0 spiro atoms. The number of methoxy groups -OCH3 is 1. The van der Waals surface area contributed by atoms with Crippen molar-refractivity contribution in [3.63, 3.8) is 0 Å². The van der Waals surface area contributed by atoms with Gasteiger partial charge < -0.3 is 4.74 Å². The van der Waals surface area contributed by atoms with Crippen molar-refractivity contribution in [2.45, 2.75) is 46.5 Å². The molecule has 0 fully saturated rings. The van der Waals surface area contributed by atoms with Crippen molar-refractivity contribution in [2.24, 2.45) is 5.92 Å². The Bertz CT molecular complexity index is 315. The van der Waals surface area contributed by atoms with Gasteiger partial charge in [0.1, 0.15) is 5.75 Å². The van der Waals surface area contributed by atoms with E-state index in [1.807, 2.05) is 0 Å². The van der Waals surface area contributed by atoms with Crippen molar-refractivity contribution < 1.29 is 4.74 Å². The molecule has 0 radical (unpaired) electrons. The summed E-state index contributed by atoms with van der Waals surface area (Å²) in [5.74, 6) is 1.86. The molecular formula is C15H24O. The van der Waals surface area contributed by atoms with Crippen LogP contribution in [-0.4, -0.2) is 7.11 Å². The molecular weight excluding hydrogens is 196 g/mol. The molecule has 0 amide bonds. The van der Waals surface area contributed by atoms with Gasteiger partial charge in [0, 0.05) is 0 Å². The number of rotatable bonds is 6. The third-order valence-corrected chi connectivity index (χ3v) is 2.91. The van der Waals surface area contributed by atoms with Gasteiger partial charge in [0.2, 0.25) is 0 Å². The minimum atomic E-state index is 0.819. The maximum Gasteiger partial charge on any atom is 0.122 e. The average molecular weight is 220 g/mol. The number of unbranched alkanes of at least 4 members (excludes halogenated alkanes) is 1. The Morgan fingerprint density at radius 1 is 1.19 bits per heavy atom. The zero-order valence-electron chi connectivity index (χ0n) is 11.0. The van der Waals surface area contributed by atoms with E-state index in [-0.39, 0.29) is 0 Å². The fraction of sp³-hybridized carbons (Fsp3) is 0.600. The van der Waals surface area contributed by atoms with Crippen LogP contribution in [0.2, 0.25) is 0 Å². The molecule has 0 N–H and O–H groups in total. The van der Waals surface area contributed by atoms with Crippen molar-refractivity contribution in [3.8, 4) is 5.75 Å². The number of hydrogen-bond acceptors (Lipinski definition) is 1. The van der Waals surface area contributed by atoms with E-state index in [4.69, 9.17) is 4.74 Å². The third kappa shape index (κ3) is 4.26.